The van der Waals surface area contributed by atoms with Crippen molar-refractivity contribution < 1.29 is 4.74 Å². The molecule has 0 saturated heterocycles. The van der Waals surface area contributed by atoms with E-state index in [0.717, 1.165) is 34.0 Å². The first kappa shape index (κ1) is 17.3. The Bertz CT molecular complexity index is 1290. The summed E-state index contributed by atoms with van der Waals surface area (Å²) in [7, 11) is 1.67. The number of imidazole rings is 1. The van der Waals surface area contributed by atoms with Crippen LogP contribution in [0.5, 0.6) is 5.75 Å². The van der Waals surface area contributed by atoms with Crippen molar-refractivity contribution in [3.8, 4) is 17.0 Å². The minimum Gasteiger partial charge on any atom is -0.497 e. The van der Waals surface area contributed by atoms with E-state index in [-0.39, 0.29) is 0 Å². The molecule has 0 spiro atoms. The number of hydrogen-bond donors (Lipinski definition) is 1. The molecule has 5 rings (SSSR count). The molecule has 2 heterocycles. The van der Waals surface area contributed by atoms with Crippen LogP contribution in [0.25, 0.3) is 27.7 Å². The fraction of sp³-hybridized carbons (Fsp3) is 0.0833. The van der Waals surface area contributed by atoms with Gasteiger partial charge in [-0.15, -0.1) is 0 Å². The summed E-state index contributed by atoms with van der Waals surface area (Å²) in [5, 5.41) is 5.83. The van der Waals surface area contributed by atoms with Crippen molar-refractivity contribution >= 4 is 22.2 Å². The van der Waals surface area contributed by atoms with Crippen molar-refractivity contribution in [2.75, 3.05) is 12.4 Å². The number of methoxy groups -OCH3 is 1. The van der Waals surface area contributed by atoms with Crippen molar-refractivity contribution in [2.45, 2.75) is 6.54 Å². The molecule has 0 unspecified atom stereocenters. The standard InChI is InChI=1S/C24H20N4O/c1-29-21-10-6-17(7-11-21)15-26-23-24-25-12-13-28(24)22(16-27-23)20-9-8-18-4-2-3-5-19(18)14-20/h2-14,16H,15H2,1H3,(H,26,27). The van der Waals surface area contributed by atoms with Gasteiger partial charge in [-0.3, -0.25) is 4.40 Å². The van der Waals surface area contributed by atoms with E-state index >= 15 is 0 Å². The first-order valence-electron chi connectivity index (χ1n) is 9.50. The van der Waals surface area contributed by atoms with Crippen LogP contribution in [-0.4, -0.2) is 21.5 Å². The Kier molecular flexibility index (Phi) is 4.33. The molecule has 0 aliphatic heterocycles. The van der Waals surface area contributed by atoms with Gasteiger partial charge in [0.05, 0.1) is 19.0 Å². The number of anilines is 1. The monoisotopic (exact) mass is 380 g/mol. The van der Waals surface area contributed by atoms with Crippen LogP contribution in [0.4, 0.5) is 5.82 Å². The molecule has 0 amide bonds. The van der Waals surface area contributed by atoms with Crippen molar-refractivity contribution in [3.05, 3.63) is 90.9 Å². The van der Waals surface area contributed by atoms with Crippen LogP contribution in [0.1, 0.15) is 5.56 Å². The molecular weight excluding hydrogens is 360 g/mol. The molecule has 0 radical (unpaired) electrons. The average Bonchev–Trinajstić information content (AvgIpc) is 3.28. The third-order valence-electron chi connectivity index (χ3n) is 5.09. The van der Waals surface area contributed by atoms with Crippen LogP contribution < -0.4 is 10.1 Å². The Hall–Kier alpha value is -3.86. The van der Waals surface area contributed by atoms with Gasteiger partial charge >= 0.3 is 0 Å². The highest BCUT2D eigenvalue weighted by molar-refractivity contribution is 5.87. The molecule has 5 aromatic rings. The second kappa shape index (κ2) is 7.28. The van der Waals surface area contributed by atoms with E-state index < -0.39 is 0 Å². The van der Waals surface area contributed by atoms with Crippen molar-refractivity contribution in [2.24, 2.45) is 0 Å². The van der Waals surface area contributed by atoms with Crippen LogP contribution in [0.3, 0.4) is 0 Å². The van der Waals surface area contributed by atoms with Gasteiger partial charge < -0.3 is 10.1 Å². The van der Waals surface area contributed by atoms with Crippen LogP contribution >= 0.6 is 0 Å². The molecule has 3 aromatic carbocycles. The highest BCUT2D eigenvalue weighted by atomic mass is 16.5. The second-order valence-electron chi connectivity index (χ2n) is 6.88. The van der Waals surface area contributed by atoms with E-state index in [1.165, 1.54) is 10.8 Å². The number of nitrogens with one attached hydrogen (secondary N) is 1. The lowest BCUT2D eigenvalue weighted by molar-refractivity contribution is 0.414. The predicted molar refractivity (Wildman–Crippen MR) is 116 cm³/mol. The Balaban J connectivity index is 1.47. The Morgan fingerprint density at radius 1 is 0.931 bits per heavy atom. The molecule has 0 aliphatic rings. The smallest absolute Gasteiger partial charge is 0.180 e. The van der Waals surface area contributed by atoms with E-state index in [4.69, 9.17) is 4.74 Å². The summed E-state index contributed by atoms with van der Waals surface area (Å²) in [6, 6.07) is 22.8. The summed E-state index contributed by atoms with van der Waals surface area (Å²) in [6.45, 7) is 0.662. The zero-order valence-electron chi connectivity index (χ0n) is 16.0. The highest BCUT2D eigenvalue weighted by Crippen LogP contribution is 2.27. The molecule has 0 atom stereocenters. The number of ether oxygens (including phenoxy) is 1. The first-order chi connectivity index (χ1) is 14.3. The third-order valence-corrected chi connectivity index (χ3v) is 5.09. The van der Waals surface area contributed by atoms with E-state index in [1.807, 2.05) is 36.7 Å². The molecular formula is C24H20N4O. The highest BCUT2D eigenvalue weighted by Gasteiger charge is 2.10. The van der Waals surface area contributed by atoms with Gasteiger partial charge in [0.25, 0.3) is 0 Å². The molecule has 0 aliphatic carbocycles. The molecule has 5 heteroatoms. The van der Waals surface area contributed by atoms with Crippen LogP contribution in [0.2, 0.25) is 0 Å². The maximum absolute atomic E-state index is 5.22. The number of nitrogens with zero attached hydrogens (tertiary/aromatic N) is 3. The number of hydrogen-bond acceptors (Lipinski definition) is 4. The maximum Gasteiger partial charge on any atom is 0.180 e. The average molecular weight is 380 g/mol. The van der Waals surface area contributed by atoms with Crippen molar-refractivity contribution in [1.29, 1.82) is 0 Å². The summed E-state index contributed by atoms with van der Waals surface area (Å²) in [6.07, 6.45) is 5.68. The van der Waals surface area contributed by atoms with Crippen molar-refractivity contribution in [3.63, 3.8) is 0 Å². The lowest BCUT2D eigenvalue weighted by atomic mass is 10.1. The minimum atomic E-state index is 0.662. The summed E-state index contributed by atoms with van der Waals surface area (Å²) in [4.78, 5) is 9.19. The van der Waals surface area contributed by atoms with Crippen molar-refractivity contribution in [1.82, 2.24) is 14.4 Å². The Morgan fingerprint density at radius 3 is 2.59 bits per heavy atom. The fourth-order valence-electron chi connectivity index (χ4n) is 3.53. The first-order valence-corrected chi connectivity index (χ1v) is 9.50. The largest absolute Gasteiger partial charge is 0.497 e. The van der Waals surface area contributed by atoms with Gasteiger partial charge in [-0.2, -0.15) is 0 Å². The number of fused-ring (bicyclic) bond motifs is 2. The Labute approximate surface area is 168 Å². The topological polar surface area (TPSA) is 51.5 Å². The zero-order chi connectivity index (χ0) is 19.6. The normalized spacial score (nSPS) is 11.1. The summed E-state index contributed by atoms with van der Waals surface area (Å²) in [5.41, 5.74) is 4.08. The van der Waals surface area contributed by atoms with Gasteiger partial charge in [0, 0.05) is 24.5 Å². The molecule has 0 saturated carbocycles. The van der Waals surface area contributed by atoms with Gasteiger partial charge in [-0.1, -0.05) is 48.5 Å². The van der Waals surface area contributed by atoms with E-state index in [1.54, 1.807) is 13.3 Å². The molecule has 1 N–H and O–H groups in total. The van der Waals surface area contributed by atoms with Gasteiger partial charge in [0.1, 0.15) is 5.75 Å². The second-order valence-corrected chi connectivity index (χ2v) is 6.88. The maximum atomic E-state index is 5.22. The van der Waals surface area contributed by atoms with E-state index in [2.05, 4.69) is 62.2 Å². The van der Waals surface area contributed by atoms with Crippen LogP contribution in [0, 0.1) is 0 Å². The molecule has 0 bridgehead atoms. The zero-order valence-corrected chi connectivity index (χ0v) is 16.0. The van der Waals surface area contributed by atoms with Crippen LogP contribution in [-0.2, 0) is 6.54 Å². The molecule has 0 fully saturated rings. The minimum absolute atomic E-state index is 0.662. The molecule has 5 nitrogen and oxygen atoms in total. The van der Waals surface area contributed by atoms with Gasteiger partial charge in [0.15, 0.2) is 11.5 Å². The SMILES string of the molecule is COc1ccc(CNc2ncc(-c3ccc4ccccc4c3)n3ccnc23)cc1. The number of rotatable bonds is 5. The van der Waals surface area contributed by atoms with Gasteiger partial charge in [-0.25, -0.2) is 9.97 Å². The molecule has 142 valence electrons. The fourth-order valence-corrected chi connectivity index (χ4v) is 3.53. The molecule has 2 aromatic heterocycles. The lowest BCUT2D eigenvalue weighted by Crippen LogP contribution is -2.05. The summed E-state index contributed by atoms with van der Waals surface area (Å²) >= 11 is 0. The quantitative estimate of drug-likeness (QED) is 0.457. The number of aromatic nitrogens is 3. The molecule has 29 heavy (non-hydrogen) atoms. The van der Waals surface area contributed by atoms with Crippen LogP contribution in [0.15, 0.2) is 85.3 Å². The van der Waals surface area contributed by atoms with E-state index in [0.29, 0.717) is 6.54 Å². The van der Waals surface area contributed by atoms with Gasteiger partial charge in [0.2, 0.25) is 0 Å². The number of benzene rings is 3. The van der Waals surface area contributed by atoms with Gasteiger partial charge in [-0.05, 0) is 34.5 Å². The van der Waals surface area contributed by atoms with E-state index in [9.17, 15) is 0 Å². The third kappa shape index (κ3) is 3.27. The summed E-state index contributed by atoms with van der Waals surface area (Å²) < 4.78 is 7.29. The lowest BCUT2D eigenvalue weighted by Gasteiger charge is -2.11. The Morgan fingerprint density at radius 2 is 1.76 bits per heavy atom. The predicted octanol–water partition coefficient (Wildman–Crippen LogP) is 5.17. The summed E-state index contributed by atoms with van der Waals surface area (Å²) in [5.74, 6) is 1.61.